The molecule has 16 heavy (non-hydrogen) atoms. The number of hydrogen-bond acceptors (Lipinski definition) is 2. The van der Waals surface area contributed by atoms with E-state index >= 15 is 0 Å². The van der Waals surface area contributed by atoms with Gasteiger partial charge in [0.05, 0.1) is 12.0 Å². The average Bonchev–Trinajstić information content (AvgIpc) is 2.21. The Morgan fingerprint density at radius 2 is 2.06 bits per heavy atom. The average molecular weight is 263 g/mol. The van der Waals surface area contributed by atoms with Crippen LogP contribution in [-0.4, -0.2) is 16.2 Å². The van der Waals surface area contributed by atoms with Crippen molar-refractivity contribution in [3.8, 4) is 0 Å². The Hall–Kier alpha value is -0.770. The molecule has 88 valence electrons. The summed E-state index contributed by atoms with van der Waals surface area (Å²) in [5, 5.41) is 19.4. The lowest BCUT2D eigenvalue weighted by molar-refractivity contribution is -0.142. The molecule has 0 aromatic heterocycles. The number of rotatable bonds is 4. The zero-order valence-corrected chi connectivity index (χ0v) is 10.2. The van der Waals surface area contributed by atoms with Gasteiger partial charge in [0.15, 0.2) is 0 Å². The van der Waals surface area contributed by atoms with Gasteiger partial charge in [-0.2, -0.15) is 0 Å². The Morgan fingerprint density at radius 1 is 1.44 bits per heavy atom. The molecule has 0 radical (unpaired) electrons. The smallest absolute Gasteiger partial charge is 0.306 e. The normalized spacial score (nSPS) is 14.5. The molecule has 0 saturated carbocycles. The van der Waals surface area contributed by atoms with Gasteiger partial charge in [-0.05, 0) is 24.6 Å². The predicted molar refractivity (Wildman–Crippen MR) is 62.8 cm³/mol. The Labute approximate surface area is 104 Å². The monoisotopic (exact) mass is 262 g/mol. The Morgan fingerprint density at radius 3 is 2.62 bits per heavy atom. The maximum Gasteiger partial charge on any atom is 0.306 e. The number of aliphatic hydroxyl groups is 1. The number of carboxylic acids is 1. The first-order chi connectivity index (χ1) is 7.41. The summed E-state index contributed by atoms with van der Waals surface area (Å²) in [6, 6.07) is 4.73. The van der Waals surface area contributed by atoms with Gasteiger partial charge in [-0.15, -0.1) is 0 Å². The minimum absolute atomic E-state index is 0.107. The van der Waals surface area contributed by atoms with Gasteiger partial charge in [0, 0.05) is 15.6 Å². The third-order valence-electron chi connectivity index (χ3n) is 2.32. The Balaban J connectivity index is 2.83. The molecular formula is C11H12Cl2O3. The molecule has 2 unspecified atom stereocenters. The molecule has 0 spiro atoms. The molecular weight excluding hydrogens is 251 g/mol. The predicted octanol–water partition coefficient (Wildman–Crippen LogP) is 3.14. The fraction of sp³-hybridized carbons (Fsp3) is 0.364. The van der Waals surface area contributed by atoms with Crippen molar-refractivity contribution < 1.29 is 15.0 Å². The van der Waals surface area contributed by atoms with E-state index in [1.165, 1.54) is 6.92 Å². The summed E-state index contributed by atoms with van der Waals surface area (Å²) < 4.78 is 0. The highest BCUT2D eigenvalue weighted by Crippen LogP contribution is 2.30. The fourth-order valence-electron chi connectivity index (χ4n) is 1.33. The lowest BCUT2D eigenvalue weighted by Crippen LogP contribution is -2.13. The van der Waals surface area contributed by atoms with Crippen LogP contribution in [0.5, 0.6) is 0 Å². The van der Waals surface area contributed by atoms with E-state index in [0.717, 1.165) is 0 Å². The van der Waals surface area contributed by atoms with Gasteiger partial charge < -0.3 is 10.2 Å². The zero-order valence-electron chi connectivity index (χ0n) is 8.65. The lowest BCUT2D eigenvalue weighted by atomic mass is 9.98. The topological polar surface area (TPSA) is 57.5 Å². The molecule has 2 atom stereocenters. The van der Waals surface area contributed by atoms with Crippen LogP contribution >= 0.6 is 23.2 Å². The second-order valence-electron chi connectivity index (χ2n) is 3.66. The van der Waals surface area contributed by atoms with E-state index in [9.17, 15) is 9.90 Å². The third-order valence-corrected chi connectivity index (χ3v) is 2.89. The van der Waals surface area contributed by atoms with Crippen LogP contribution in [0.25, 0.3) is 0 Å². The molecule has 5 heteroatoms. The maximum absolute atomic E-state index is 10.6. The van der Waals surface area contributed by atoms with E-state index in [0.29, 0.717) is 15.6 Å². The molecule has 2 N–H and O–H groups in total. The zero-order chi connectivity index (χ0) is 12.3. The van der Waals surface area contributed by atoms with Crippen molar-refractivity contribution in [2.45, 2.75) is 19.4 Å². The molecule has 1 rings (SSSR count). The van der Waals surface area contributed by atoms with E-state index in [1.54, 1.807) is 18.2 Å². The molecule has 0 amide bonds. The molecule has 1 aromatic carbocycles. The standard InChI is InChI=1S/C11H12Cl2O3/c1-6(11(15)16)4-10(14)8-5-7(12)2-3-9(8)13/h2-3,5-6,10,14H,4H2,1H3,(H,15,16). The largest absolute Gasteiger partial charge is 0.481 e. The van der Waals surface area contributed by atoms with Crippen LogP contribution in [0.15, 0.2) is 18.2 Å². The number of benzene rings is 1. The van der Waals surface area contributed by atoms with Crippen molar-refractivity contribution in [2.75, 3.05) is 0 Å². The first-order valence-electron chi connectivity index (χ1n) is 4.77. The first-order valence-corrected chi connectivity index (χ1v) is 5.53. The minimum atomic E-state index is -0.947. The van der Waals surface area contributed by atoms with E-state index in [1.807, 2.05) is 0 Å². The van der Waals surface area contributed by atoms with Crippen LogP contribution in [0.4, 0.5) is 0 Å². The molecule has 0 aliphatic carbocycles. The van der Waals surface area contributed by atoms with Gasteiger partial charge >= 0.3 is 5.97 Å². The van der Waals surface area contributed by atoms with E-state index < -0.39 is 18.0 Å². The van der Waals surface area contributed by atoms with Gasteiger partial charge in [0.25, 0.3) is 0 Å². The number of carbonyl (C=O) groups is 1. The minimum Gasteiger partial charge on any atom is -0.481 e. The summed E-state index contributed by atoms with van der Waals surface area (Å²) in [7, 11) is 0. The van der Waals surface area contributed by atoms with Gasteiger partial charge in [0.2, 0.25) is 0 Å². The van der Waals surface area contributed by atoms with Crippen molar-refractivity contribution in [3.05, 3.63) is 33.8 Å². The summed E-state index contributed by atoms with van der Waals surface area (Å²) >= 11 is 11.7. The van der Waals surface area contributed by atoms with Crippen LogP contribution in [0, 0.1) is 5.92 Å². The van der Waals surface area contributed by atoms with Crippen molar-refractivity contribution in [2.24, 2.45) is 5.92 Å². The summed E-state index contributed by atoms with van der Waals surface area (Å²) in [5.74, 6) is -1.58. The lowest BCUT2D eigenvalue weighted by Gasteiger charge is -2.15. The molecule has 0 bridgehead atoms. The van der Waals surface area contributed by atoms with Crippen molar-refractivity contribution in [1.29, 1.82) is 0 Å². The molecule has 1 aromatic rings. The summed E-state index contributed by atoms with van der Waals surface area (Å²) in [4.78, 5) is 10.6. The third kappa shape index (κ3) is 3.37. The highest BCUT2D eigenvalue weighted by atomic mass is 35.5. The molecule has 0 fully saturated rings. The highest BCUT2D eigenvalue weighted by Gasteiger charge is 2.19. The van der Waals surface area contributed by atoms with Crippen LogP contribution in [-0.2, 0) is 4.79 Å². The molecule has 0 aliphatic heterocycles. The van der Waals surface area contributed by atoms with E-state index in [4.69, 9.17) is 28.3 Å². The quantitative estimate of drug-likeness (QED) is 0.877. The number of hydrogen-bond donors (Lipinski definition) is 2. The second kappa shape index (κ2) is 5.53. The molecule has 0 saturated heterocycles. The van der Waals surface area contributed by atoms with E-state index in [2.05, 4.69) is 0 Å². The Bertz CT molecular complexity index is 393. The van der Waals surface area contributed by atoms with Crippen molar-refractivity contribution >= 4 is 29.2 Å². The maximum atomic E-state index is 10.6. The SMILES string of the molecule is CC(CC(O)c1cc(Cl)ccc1Cl)C(=O)O. The number of aliphatic hydroxyl groups excluding tert-OH is 1. The van der Waals surface area contributed by atoms with Gasteiger partial charge in [-0.1, -0.05) is 30.1 Å². The fourth-order valence-corrected chi connectivity index (χ4v) is 1.76. The van der Waals surface area contributed by atoms with E-state index in [-0.39, 0.29) is 6.42 Å². The summed E-state index contributed by atoms with van der Waals surface area (Å²) in [6.07, 6.45) is -0.813. The second-order valence-corrected chi connectivity index (χ2v) is 4.50. The van der Waals surface area contributed by atoms with Crippen LogP contribution in [0.1, 0.15) is 25.0 Å². The van der Waals surface area contributed by atoms with Crippen LogP contribution < -0.4 is 0 Å². The molecule has 0 aliphatic rings. The number of halogens is 2. The Kier molecular flexibility index (Phi) is 4.59. The number of aliphatic carboxylic acids is 1. The van der Waals surface area contributed by atoms with Gasteiger partial charge in [0.1, 0.15) is 0 Å². The molecule has 0 heterocycles. The number of carboxylic acid groups (broad SMARTS) is 1. The summed E-state index contributed by atoms with van der Waals surface area (Å²) in [6.45, 7) is 1.53. The van der Waals surface area contributed by atoms with Gasteiger partial charge in [-0.25, -0.2) is 0 Å². The van der Waals surface area contributed by atoms with Crippen LogP contribution in [0.3, 0.4) is 0 Å². The van der Waals surface area contributed by atoms with Crippen molar-refractivity contribution in [1.82, 2.24) is 0 Å². The van der Waals surface area contributed by atoms with Crippen LogP contribution in [0.2, 0.25) is 10.0 Å². The van der Waals surface area contributed by atoms with Gasteiger partial charge in [-0.3, -0.25) is 4.79 Å². The first kappa shape index (κ1) is 13.3. The molecule has 3 nitrogen and oxygen atoms in total. The summed E-state index contributed by atoms with van der Waals surface area (Å²) in [5.41, 5.74) is 0.460. The highest BCUT2D eigenvalue weighted by molar-refractivity contribution is 6.33. The van der Waals surface area contributed by atoms with Crippen molar-refractivity contribution in [3.63, 3.8) is 0 Å².